The highest BCUT2D eigenvalue weighted by Gasteiger charge is 2.18. The highest BCUT2D eigenvalue weighted by atomic mass is 16.5. The van der Waals surface area contributed by atoms with Gasteiger partial charge in [-0.05, 0) is 19.8 Å². The fourth-order valence-electron chi connectivity index (χ4n) is 1.24. The summed E-state index contributed by atoms with van der Waals surface area (Å²) in [6, 6.07) is 1.13. The first kappa shape index (κ1) is 8.37. The van der Waals surface area contributed by atoms with Crippen LogP contribution in [0.5, 0.6) is 0 Å². The molecule has 0 spiro atoms. The van der Waals surface area contributed by atoms with Crippen LogP contribution in [0.25, 0.3) is 0 Å². The first-order chi connectivity index (χ1) is 5.33. The Morgan fingerprint density at radius 3 is 2.73 bits per heavy atom. The normalized spacial score (nSPS) is 18.3. The van der Waals surface area contributed by atoms with Gasteiger partial charge in [0.1, 0.15) is 0 Å². The number of amides is 1. The topological polar surface area (TPSA) is 38.3 Å². The summed E-state index contributed by atoms with van der Waals surface area (Å²) in [7, 11) is 0. The van der Waals surface area contributed by atoms with Gasteiger partial charge in [-0.3, -0.25) is 0 Å². The molecule has 0 unspecified atom stereocenters. The van der Waals surface area contributed by atoms with Crippen molar-refractivity contribution in [2.24, 2.45) is 0 Å². The second-order valence-corrected chi connectivity index (χ2v) is 2.66. The van der Waals surface area contributed by atoms with Gasteiger partial charge in [-0.15, -0.1) is 0 Å². The molecule has 1 rings (SSSR count). The third-order valence-electron chi connectivity index (χ3n) is 1.76. The highest BCUT2D eigenvalue weighted by molar-refractivity contribution is 5.68. The molecule has 0 bridgehead atoms. The lowest BCUT2D eigenvalue weighted by Crippen LogP contribution is -2.27. The molecule has 1 N–H and O–H groups in total. The third kappa shape index (κ3) is 2.78. The van der Waals surface area contributed by atoms with Crippen LogP contribution < -0.4 is 5.32 Å². The molecule has 1 aliphatic carbocycles. The minimum atomic E-state index is -0.301. The maximum atomic E-state index is 10.8. The SMILES string of the molecule is CCOC(=O)N[C]1CCCC1. The first-order valence-corrected chi connectivity index (χ1v) is 4.11. The number of ether oxygens (including phenoxy) is 1. The summed E-state index contributed by atoms with van der Waals surface area (Å²) in [4.78, 5) is 10.8. The molecule has 0 atom stereocenters. The summed E-state index contributed by atoms with van der Waals surface area (Å²) in [5.74, 6) is 0. The van der Waals surface area contributed by atoms with E-state index in [1.807, 2.05) is 0 Å². The van der Waals surface area contributed by atoms with Crippen LogP contribution in [-0.2, 0) is 4.74 Å². The van der Waals surface area contributed by atoms with Crippen LogP contribution in [0, 0.1) is 6.04 Å². The van der Waals surface area contributed by atoms with E-state index in [0.29, 0.717) is 6.61 Å². The Balaban J connectivity index is 2.13. The summed E-state index contributed by atoms with van der Waals surface area (Å²) in [6.07, 6.45) is 4.14. The molecule has 1 saturated carbocycles. The van der Waals surface area contributed by atoms with Gasteiger partial charge in [0.15, 0.2) is 0 Å². The molecule has 1 amide bonds. The number of alkyl carbamates (subject to hydrolysis) is 1. The second kappa shape index (κ2) is 4.21. The van der Waals surface area contributed by atoms with Crippen molar-refractivity contribution in [1.29, 1.82) is 0 Å². The molecular weight excluding hydrogens is 142 g/mol. The van der Waals surface area contributed by atoms with E-state index in [0.717, 1.165) is 18.9 Å². The number of nitrogens with one attached hydrogen (secondary N) is 1. The minimum absolute atomic E-state index is 0.301. The molecule has 3 nitrogen and oxygen atoms in total. The molecule has 0 aliphatic heterocycles. The van der Waals surface area contributed by atoms with E-state index in [9.17, 15) is 4.79 Å². The Morgan fingerprint density at radius 1 is 1.55 bits per heavy atom. The molecule has 1 aliphatic rings. The molecule has 1 fully saturated rings. The van der Waals surface area contributed by atoms with Crippen LogP contribution in [-0.4, -0.2) is 12.7 Å². The Bertz CT molecular complexity index is 130. The van der Waals surface area contributed by atoms with E-state index < -0.39 is 0 Å². The summed E-state index contributed by atoms with van der Waals surface area (Å²) >= 11 is 0. The van der Waals surface area contributed by atoms with Gasteiger partial charge in [-0.25, -0.2) is 4.79 Å². The first-order valence-electron chi connectivity index (χ1n) is 4.11. The lowest BCUT2D eigenvalue weighted by atomic mass is 10.3. The molecule has 0 aromatic rings. The van der Waals surface area contributed by atoms with Crippen LogP contribution in [0.2, 0.25) is 0 Å². The Labute approximate surface area is 67.1 Å². The molecule has 63 valence electrons. The van der Waals surface area contributed by atoms with Crippen molar-refractivity contribution in [2.45, 2.75) is 32.6 Å². The van der Waals surface area contributed by atoms with Gasteiger partial charge in [-0.2, -0.15) is 0 Å². The van der Waals surface area contributed by atoms with Crippen molar-refractivity contribution < 1.29 is 9.53 Å². The largest absolute Gasteiger partial charge is 0.450 e. The summed E-state index contributed by atoms with van der Waals surface area (Å²) in [6.45, 7) is 2.25. The maximum absolute atomic E-state index is 10.8. The third-order valence-corrected chi connectivity index (χ3v) is 1.76. The quantitative estimate of drug-likeness (QED) is 0.662. The average Bonchev–Trinajstić information content (AvgIpc) is 2.40. The van der Waals surface area contributed by atoms with E-state index in [4.69, 9.17) is 4.74 Å². The van der Waals surface area contributed by atoms with Crippen LogP contribution in [0.1, 0.15) is 32.6 Å². The zero-order valence-corrected chi connectivity index (χ0v) is 6.85. The highest BCUT2D eigenvalue weighted by Crippen LogP contribution is 2.23. The number of hydrogen-bond acceptors (Lipinski definition) is 2. The van der Waals surface area contributed by atoms with Gasteiger partial charge in [0.25, 0.3) is 0 Å². The van der Waals surface area contributed by atoms with Crippen molar-refractivity contribution >= 4 is 6.09 Å². The summed E-state index contributed by atoms with van der Waals surface area (Å²) in [5.41, 5.74) is 0. The van der Waals surface area contributed by atoms with Gasteiger partial charge in [-0.1, -0.05) is 12.8 Å². The molecular formula is C8H14NO2. The zero-order chi connectivity index (χ0) is 8.10. The summed E-state index contributed by atoms with van der Waals surface area (Å²) < 4.78 is 4.73. The number of carbonyl (C=O) groups excluding carboxylic acids is 1. The van der Waals surface area contributed by atoms with E-state index in [1.54, 1.807) is 6.92 Å². The zero-order valence-electron chi connectivity index (χ0n) is 6.85. The average molecular weight is 156 g/mol. The van der Waals surface area contributed by atoms with Crippen molar-refractivity contribution in [1.82, 2.24) is 5.32 Å². The van der Waals surface area contributed by atoms with Crippen molar-refractivity contribution in [3.8, 4) is 0 Å². The molecule has 0 aromatic heterocycles. The lowest BCUT2D eigenvalue weighted by molar-refractivity contribution is 0.152. The van der Waals surface area contributed by atoms with Crippen molar-refractivity contribution in [3.63, 3.8) is 0 Å². The molecule has 3 heteroatoms. The van der Waals surface area contributed by atoms with Crippen LogP contribution in [0.15, 0.2) is 0 Å². The summed E-state index contributed by atoms with van der Waals surface area (Å²) in [5, 5.41) is 2.74. The lowest BCUT2D eigenvalue weighted by Gasteiger charge is -2.09. The molecule has 0 aromatic carbocycles. The number of hydrogen-bond donors (Lipinski definition) is 1. The molecule has 0 saturated heterocycles. The van der Waals surface area contributed by atoms with Gasteiger partial charge in [0, 0.05) is 0 Å². The molecule has 0 heterocycles. The van der Waals surface area contributed by atoms with Crippen LogP contribution >= 0.6 is 0 Å². The van der Waals surface area contributed by atoms with E-state index in [1.165, 1.54) is 12.8 Å². The van der Waals surface area contributed by atoms with Gasteiger partial charge in [0.05, 0.1) is 12.6 Å². The van der Waals surface area contributed by atoms with Crippen LogP contribution in [0.4, 0.5) is 4.79 Å². The van der Waals surface area contributed by atoms with E-state index in [-0.39, 0.29) is 6.09 Å². The van der Waals surface area contributed by atoms with Crippen LogP contribution in [0.3, 0.4) is 0 Å². The van der Waals surface area contributed by atoms with Gasteiger partial charge < -0.3 is 10.1 Å². The maximum Gasteiger partial charge on any atom is 0.407 e. The number of rotatable bonds is 2. The monoisotopic (exact) mass is 156 g/mol. The standard InChI is InChI=1S/C8H14NO2/c1-2-11-8(10)9-7-5-3-4-6-7/h2-6H2,1H3,(H,9,10). The smallest absolute Gasteiger partial charge is 0.407 e. The van der Waals surface area contributed by atoms with Gasteiger partial charge >= 0.3 is 6.09 Å². The Kier molecular flexibility index (Phi) is 3.20. The minimum Gasteiger partial charge on any atom is -0.450 e. The van der Waals surface area contributed by atoms with Gasteiger partial charge in [0.2, 0.25) is 0 Å². The predicted octanol–water partition coefficient (Wildman–Crippen LogP) is 1.84. The molecule has 1 radical (unpaired) electrons. The van der Waals surface area contributed by atoms with E-state index >= 15 is 0 Å². The van der Waals surface area contributed by atoms with Crippen molar-refractivity contribution in [2.75, 3.05) is 6.61 Å². The Morgan fingerprint density at radius 2 is 2.18 bits per heavy atom. The fraction of sp³-hybridized carbons (Fsp3) is 0.750. The number of carbonyl (C=O) groups is 1. The predicted molar refractivity (Wildman–Crippen MR) is 41.9 cm³/mol. The van der Waals surface area contributed by atoms with E-state index in [2.05, 4.69) is 5.32 Å². The Hall–Kier alpha value is -0.730. The fourth-order valence-corrected chi connectivity index (χ4v) is 1.24. The second-order valence-electron chi connectivity index (χ2n) is 2.66. The van der Waals surface area contributed by atoms with Crippen molar-refractivity contribution in [3.05, 3.63) is 6.04 Å². The molecule has 11 heavy (non-hydrogen) atoms.